The lowest BCUT2D eigenvalue weighted by Crippen LogP contribution is -2.27. The van der Waals surface area contributed by atoms with Crippen LogP contribution < -0.4 is 5.32 Å². The number of nitrogens with zero attached hydrogens (tertiary/aromatic N) is 4. The molecule has 1 atom stereocenters. The molecule has 78 valence electrons. The van der Waals surface area contributed by atoms with E-state index >= 15 is 0 Å². The summed E-state index contributed by atoms with van der Waals surface area (Å²) in [6, 6.07) is 0. The van der Waals surface area contributed by atoms with Crippen LogP contribution in [0.25, 0.3) is 0 Å². The van der Waals surface area contributed by atoms with Crippen LogP contribution in [0.4, 0.5) is 0 Å². The Bertz CT molecular complexity index is 308. The fourth-order valence-electron chi connectivity index (χ4n) is 1.19. The molecule has 1 rings (SSSR count). The van der Waals surface area contributed by atoms with Crippen molar-refractivity contribution in [1.29, 1.82) is 0 Å². The Kier molecular flexibility index (Phi) is 3.94. The van der Waals surface area contributed by atoms with Crippen molar-refractivity contribution in [2.75, 3.05) is 6.54 Å². The van der Waals surface area contributed by atoms with Crippen LogP contribution in [0.15, 0.2) is 0 Å². The highest BCUT2D eigenvalue weighted by Crippen LogP contribution is 2.11. The molecule has 0 amide bonds. The number of tetrazole rings is 1. The summed E-state index contributed by atoms with van der Waals surface area (Å²) in [5.74, 6) is 0.887. The van der Waals surface area contributed by atoms with Crippen LogP contribution in [0.1, 0.15) is 32.5 Å². The Morgan fingerprint density at radius 1 is 1.57 bits per heavy atom. The molecule has 5 nitrogen and oxygen atoms in total. The second-order valence-corrected chi connectivity index (χ2v) is 3.41. The topological polar surface area (TPSA) is 55.6 Å². The molecule has 0 aliphatic heterocycles. The molecule has 0 aromatic carbocycles. The lowest BCUT2D eigenvalue weighted by Gasteiger charge is -2.12. The summed E-state index contributed by atoms with van der Waals surface area (Å²) < 4.78 is 1.76. The predicted molar refractivity (Wildman–Crippen MR) is 58.2 cm³/mol. The molecular weight excluding hydrogens is 198 g/mol. The molecule has 0 aliphatic rings. The predicted octanol–water partition coefficient (Wildman–Crippen LogP) is 0.733. The van der Waals surface area contributed by atoms with Crippen molar-refractivity contribution in [3.05, 3.63) is 5.82 Å². The van der Waals surface area contributed by atoms with E-state index in [-0.39, 0.29) is 5.92 Å². The molecular formula is C8H15N5S. The molecule has 0 saturated carbocycles. The number of aryl methyl sites for hydroxylation is 1. The molecule has 0 bridgehead atoms. The smallest absolute Gasteiger partial charge is 0.160 e. The van der Waals surface area contributed by atoms with Gasteiger partial charge in [0.15, 0.2) is 5.82 Å². The monoisotopic (exact) mass is 213 g/mol. The summed E-state index contributed by atoms with van der Waals surface area (Å²) in [5, 5.41) is 14.6. The molecule has 1 aromatic rings. The number of thiocarbonyl (C=S) groups is 1. The fourth-order valence-corrected chi connectivity index (χ4v) is 1.44. The van der Waals surface area contributed by atoms with Gasteiger partial charge in [-0.15, -0.1) is 5.10 Å². The maximum Gasteiger partial charge on any atom is 0.160 e. The van der Waals surface area contributed by atoms with Gasteiger partial charge in [-0.1, -0.05) is 12.2 Å². The zero-order valence-electron chi connectivity index (χ0n) is 8.69. The molecule has 6 heteroatoms. The lowest BCUT2D eigenvalue weighted by atomic mass is 10.1. The number of hydrogen-bond donors (Lipinski definition) is 1. The van der Waals surface area contributed by atoms with Gasteiger partial charge in [0.2, 0.25) is 0 Å². The third kappa shape index (κ3) is 2.25. The number of likely N-dealkylation sites (N-methyl/N-ethyl adjacent to an activating group) is 1. The van der Waals surface area contributed by atoms with Crippen LogP contribution in [0.5, 0.6) is 0 Å². The van der Waals surface area contributed by atoms with Gasteiger partial charge < -0.3 is 5.32 Å². The van der Waals surface area contributed by atoms with Gasteiger partial charge in [-0.2, -0.15) is 0 Å². The Labute approximate surface area is 88.9 Å². The summed E-state index contributed by atoms with van der Waals surface area (Å²) in [5.41, 5.74) is 0. The third-order valence-corrected chi connectivity index (χ3v) is 2.49. The molecule has 0 fully saturated rings. The van der Waals surface area contributed by atoms with Gasteiger partial charge in [0.1, 0.15) is 0 Å². The highest BCUT2D eigenvalue weighted by molar-refractivity contribution is 7.80. The Hall–Kier alpha value is -1.04. The molecule has 14 heavy (non-hydrogen) atoms. The van der Waals surface area contributed by atoms with E-state index in [4.69, 9.17) is 12.2 Å². The van der Waals surface area contributed by atoms with Crippen LogP contribution in [0, 0.1) is 0 Å². The molecule has 1 aromatic heterocycles. The minimum absolute atomic E-state index is 0.0694. The average molecular weight is 213 g/mol. The van der Waals surface area contributed by atoms with Crippen molar-refractivity contribution < 1.29 is 0 Å². The van der Waals surface area contributed by atoms with Gasteiger partial charge >= 0.3 is 0 Å². The number of hydrogen-bond acceptors (Lipinski definition) is 4. The zero-order chi connectivity index (χ0) is 10.6. The highest BCUT2D eigenvalue weighted by atomic mass is 32.1. The fraction of sp³-hybridized carbons (Fsp3) is 0.750. The van der Waals surface area contributed by atoms with Crippen molar-refractivity contribution in [3.8, 4) is 0 Å². The lowest BCUT2D eigenvalue weighted by molar-refractivity contribution is 0.592. The van der Waals surface area contributed by atoms with E-state index in [1.165, 1.54) is 0 Å². The molecule has 0 radical (unpaired) electrons. The van der Waals surface area contributed by atoms with Crippen molar-refractivity contribution in [2.45, 2.75) is 33.2 Å². The van der Waals surface area contributed by atoms with E-state index < -0.39 is 0 Å². The first-order valence-electron chi connectivity index (χ1n) is 4.74. The summed E-state index contributed by atoms with van der Waals surface area (Å²) in [7, 11) is 0. The Morgan fingerprint density at radius 3 is 2.86 bits per heavy atom. The minimum Gasteiger partial charge on any atom is -0.379 e. The van der Waals surface area contributed by atoms with Crippen LogP contribution in [0.3, 0.4) is 0 Å². The average Bonchev–Trinajstić information content (AvgIpc) is 2.64. The maximum absolute atomic E-state index is 5.21. The van der Waals surface area contributed by atoms with Gasteiger partial charge in [-0.25, -0.2) is 4.68 Å². The van der Waals surface area contributed by atoms with Crippen molar-refractivity contribution in [2.24, 2.45) is 0 Å². The molecule has 1 heterocycles. The van der Waals surface area contributed by atoms with Crippen molar-refractivity contribution in [3.63, 3.8) is 0 Å². The zero-order valence-corrected chi connectivity index (χ0v) is 9.51. The van der Waals surface area contributed by atoms with Gasteiger partial charge in [-0.05, 0) is 31.2 Å². The summed E-state index contributed by atoms with van der Waals surface area (Å²) >= 11 is 5.21. The maximum atomic E-state index is 5.21. The standard InChI is InChI=1S/C8H15N5S/c1-4-9-8(14)6(3)7-10-11-12-13(7)5-2/h6H,4-5H2,1-3H3,(H,9,14). The van der Waals surface area contributed by atoms with E-state index in [0.717, 1.165) is 23.9 Å². The number of rotatable bonds is 4. The molecule has 0 aliphatic carbocycles. The Balaban J connectivity index is 2.77. The number of aromatic nitrogens is 4. The molecule has 0 saturated heterocycles. The van der Waals surface area contributed by atoms with Gasteiger partial charge in [0.05, 0.1) is 10.9 Å². The largest absolute Gasteiger partial charge is 0.379 e. The normalized spacial score (nSPS) is 12.5. The van der Waals surface area contributed by atoms with E-state index in [1.807, 2.05) is 20.8 Å². The summed E-state index contributed by atoms with van der Waals surface area (Å²) in [4.78, 5) is 0.789. The third-order valence-electron chi connectivity index (χ3n) is 1.99. The van der Waals surface area contributed by atoms with E-state index in [1.54, 1.807) is 4.68 Å². The summed E-state index contributed by atoms with van der Waals surface area (Å²) in [6.45, 7) is 7.62. The van der Waals surface area contributed by atoms with Gasteiger partial charge in [0, 0.05) is 13.1 Å². The van der Waals surface area contributed by atoms with Crippen LogP contribution in [0.2, 0.25) is 0 Å². The quantitative estimate of drug-likeness (QED) is 0.747. The first-order chi connectivity index (χ1) is 6.70. The second-order valence-electron chi connectivity index (χ2n) is 2.97. The molecule has 1 N–H and O–H groups in total. The SMILES string of the molecule is CCNC(=S)C(C)c1nnnn1CC. The van der Waals surface area contributed by atoms with Crippen LogP contribution in [-0.4, -0.2) is 31.7 Å². The second kappa shape index (κ2) is 4.99. The summed E-state index contributed by atoms with van der Waals surface area (Å²) in [6.07, 6.45) is 0. The van der Waals surface area contributed by atoms with Gasteiger partial charge in [0.25, 0.3) is 0 Å². The molecule has 1 unspecified atom stereocenters. The van der Waals surface area contributed by atoms with E-state index in [0.29, 0.717) is 0 Å². The Morgan fingerprint density at radius 2 is 2.29 bits per heavy atom. The minimum atomic E-state index is 0.0694. The van der Waals surface area contributed by atoms with Crippen LogP contribution in [-0.2, 0) is 6.54 Å². The number of nitrogens with one attached hydrogen (secondary N) is 1. The van der Waals surface area contributed by atoms with E-state index in [9.17, 15) is 0 Å². The van der Waals surface area contributed by atoms with Crippen molar-refractivity contribution in [1.82, 2.24) is 25.5 Å². The van der Waals surface area contributed by atoms with Crippen molar-refractivity contribution >= 4 is 17.2 Å². The highest BCUT2D eigenvalue weighted by Gasteiger charge is 2.17. The first kappa shape index (κ1) is 11.0. The van der Waals surface area contributed by atoms with E-state index in [2.05, 4.69) is 20.8 Å². The van der Waals surface area contributed by atoms with Crippen LogP contribution >= 0.6 is 12.2 Å². The first-order valence-corrected chi connectivity index (χ1v) is 5.15. The molecule has 0 spiro atoms. The van der Waals surface area contributed by atoms with Gasteiger partial charge in [-0.3, -0.25) is 0 Å².